The Labute approximate surface area is 173 Å². The van der Waals surface area contributed by atoms with Crippen LogP contribution in [0.1, 0.15) is 12.0 Å². The molecule has 0 fully saturated rings. The van der Waals surface area contributed by atoms with Gasteiger partial charge in [0, 0.05) is 22.1 Å². The monoisotopic (exact) mass is 410 g/mol. The summed E-state index contributed by atoms with van der Waals surface area (Å²) < 4.78 is 5.79. The fourth-order valence-corrected chi connectivity index (χ4v) is 3.29. The number of hydrazone groups is 1. The van der Waals surface area contributed by atoms with Crippen molar-refractivity contribution < 1.29 is 9.53 Å². The van der Waals surface area contributed by atoms with Crippen molar-refractivity contribution in [3.63, 3.8) is 0 Å². The maximum Gasteiger partial charge on any atom is 0.240 e. The number of carbonyl (C=O) groups is 1. The van der Waals surface area contributed by atoms with Gasteiger partial charge < -0.3 is 4.74 Å². The molecule has 3 rings (SSSR count). The van der Waals surface area contributed by atoms with Crippen molar-refractivity contribution in [2.75, 3.05) is 5.75 Å². The molecule has 0 atom stereocenters. The van der Waals surface area contributed by atoms with Gasteiger partial charge in [0.2, 0.25) is 5.91 Å². The zero-order chi connectivity index (χ0) is 19.6. The van der Waals surface area contributed by atoms with E-state index in [-0.39, 0.29) is 5.91 Å². The normalized spacial score (nSPS) is 10.8. The minimum atomic E-state index is -0.130. The molecule has 0 aliphatic carbocycles. The van der Waals surface area contributed by atoms with Crippen molar-refractivity contribution in [3.8, 4) is 11.5 Å². The summed E-state index contributed by atoms with van der Waals surface area (Å²) in [4.78, 5) is 13.0. The molecule has 0 aliphatic heterocycles. The van der Waals surface area contributed by atoms with E-state index in [1.807, 2.05) is 78.9 Å². The summed E-state index contributed by atoms with van der Waals surface area (Å²) >= 11 is 7.46. The first-order valence-corrected chi connectivity index (χ1v) is 10.1. The van der Waals surface area contributed by atoms with Crippen LogP contribution in [0.25, 0.3) is 0 Å². The van der Waals surface area contributed by atoms with Crippen LogP contribution in [0.5, 0.6) is 11.5 Å². The molecule has 0 bridgehead atoms. The number of thioether (sulfide) groups is 1. The molecule has 0 unspecified atom stereocenters. The summed E-state index contributed by atoms with van der Waals surface area (Å²) in [5.41, 5.74) is 3.39. The predicted octanol–water partition coefficient (Wildman–Crippen LogP) is 5.76. The van der Waals surface area contributed by atoms with E-state index in [1.165, 1.54) is 0 Å². The lowest BCUT2D eigenvalue weighted by Gasteiger charge is -2.05. The number of benzene rings is 3. The fraction of sp³-hybridized carbons (Fsp3) is 0.0909. The molecule has 6 heteroatoms. The Morgan fingerprint density at radius 3 is 2.54 bits per heavy atom. The lowest BCUT2D eigenvalue weighted by Crippen LogP contribution is -2.17. The van der Waals surface area contributed by atoms with Crippen LogP contribution in [0.4, 0.5) is 0 Å². The Morgan fingerprint density at radius 1 is 1.00 bits per heavy atom. The van der Waals surface area contributed by atoms with E-state index in [0.717, 1.165) is 16.2 Å². The average molecular weight is 411 g/mol. The molecular weight excluding hydrogens is 392 g/mol. The number of nitrogens with zero attached hydrogens (tertiary/aromatic N) is 1. The molecule has 0 saturated carbocycles. The number of hydrogen-bond donors (Lipinski definition) is 1. The van der Waals surface area contributed by atoms with Crippen molar-refractivity contribution in [3.05, 3.63) is 89.4 Å². The zero-order valence-corrected chi connectivity index (χ0v) is 16.6. The van der Waals surface area contributed by atoms with Crippen molar-refractivity contribution in [2.24, 2.45) is 5.10 Å². The topological polar surface area (TPSA) is 50.7 Å². The molecule has 0 spiro atoms. The van der Waals surface area contributed by atoms with E-state index in [4.69, 9.17) is 16.3 Å². The maximum atomic E-state index is 11.9. The molecule has 1 amide bonds. The van der Waals surface area contributed by atoms with Gasteiger partial charge in [-0.25, -0.2) is 5.43 Å². The number of halogens is 1. The summed E-state index contributed by atoms with van der Waals surface area (Å²) in [7, 11) is 0. The molecule has 3 aromatic carbocycles. The van der Waals surface area contributed by atoms with E-state index in [2.05, 4.69) is 10.5 Å². The van der Waals surface area contributed by atoms with E-state index < -0.39 is 0 Å². The largest absolute Gasteiger partial charge is 0.457 e. The van der Waals surface area contributed by atoms with Crippen molar-refractivity contribution in [1.29, 1.82) is 0 Å². The Kier molecular flexibility index (Phi) is 7.53. The first kappa shape index (κ1) is 20.0. The second kappa shape index (κ2) is 10.5. The van der Waals surface area contributed by atoms with Gasteiger partial charge in [0.1, 0.15) is 11.5 Å². The second-order valence-corrected chi connectivity index (χ2v) is 7.44. The molecule has 0 heterocycles. The van der Waals surface area contributed by atoms with Crippen molar-refractivity contribution in [2.45, 2.75) is 11.3 Å². The van der Waals surface area contributed by atoms with Crippen LogP contribution in [-0.4, -0.2) is 17.9 Å². The van der Waals surface area contributed by atoms with Crippen LogP contribution in [0.3, 0.4) is 0 Å². The molecule has 0 aromatic heterocycles. The summed E-state index contributed by atoms with van der Waals surface area (Å²) in [6.07, 6.45) is 1.98. The molecule has 0 aliphatic rings. The van der Waals surface area contributed by atoms with Crippen LogP contribution in [0.15, 0.2) is 88.9 Å². The number of amides is 1. The Bertz CT molecular complexity index is 931. The average Bonchev–Trinajstić information content (AvgIpc) is 2.71. The molecule has 0 radical (unpaired) electrons. The number of hydrogen-bond acceptors (Lipinski definition) is 4. The Hall–Kier alpha value is -2.76. The molecule has 1 N–H and O–H groups in total. The van der Waals surface area contributed by atoms with Gasteiger partial charge in [-0.2, -0.15) is 5.10 Å². The quantitative estimate of drug-likeness (QED) is 0.291. The standard InChI is InChI=1S/C22H19ClN2O2S/c23-18-9-11-21(12-10-18)28-14-13-22(26)25-24-16-17-5-4-8-20(15-17)27-19-6-2-1-3-7-19/h1-12,15-16H,13-14H2,(H,25,26)/b24-16-. The molecule has 3 aromatic rings. The van der Waals surface area contributed by atoms with Crippen LogP contribution < -0.4 is 10.2 Å². The van der Waals surface area contributed by atoms with Gasteiger partial charge in [0.15, 0.2) is 0 Å². The summed E-state index contributed by atoms with van der Waals surface area (Å²) in [5.74, 6) is 2.02. The minimum absolute atomic E-state index is 0.130. The van der Waals surface area contributed by atoms with Crippen molar-refractivity contribution >= 4 is 35.5 Å². The maximum absolute atomic E-state index is 11.9. The first-order valence-electron chi connectivity index (χ1n) is 8.72. The first-order chi connectivity index (χ1) is 13.7. The highest BCUT2D eigenvalue weighted by atomic mass is 35.5. The predicted molar refractivity (Wildman–Crippen MR) is 115 cm³/mol. The highest BCUT2D eigenvalue weighted by Gasteiger charge is 2.01. The smallest absolute Gasteiger partial charge is 0.240 e. The lowest BCUT2D eigenvalue weighted by atomic mass is 10.2. The number of carbonyl (C=O) groups excluding carboxylic acids is 1. The van der Waals surface area contributed by atoms with E-state index >= 15 is 0 Å². The van der Waals surface area contributed by atoms with E-state index in [1.54, 1.807) is 18.0 Å². The Balaban J connectivity index is 1.44. The third kappa shape index (κ3) is 6.76. The highest BCUT2D eigenvalue weighted by Crippen LogP contribution is 2.22. The molecular formula is C22H19ClN2O2S. The van der Waals surface area contributed by atoms with E-state index in [0.29, 0.717) is 22.9 Å². The third-order valence-electron chi connectivity index (χ3n) is 3.65. The number of rotatable bonds is 8. The molecule has 142 valence electrons. The van der Waals surface area contributed by atoms with Crippen molar-refractivity contribution in [1.82, 2.24) is 5.43 Å². The molecule has 0 saturated heterocycles. The number of ether oxygens (including phenoxy) is 1. The van der Waals surface area contributed by atoms with Crippen LogP contribution in [0, 0.1) is 0 Å². The zero-order valence-electron chi connectivity index (χ0n) is 15.0. The summed E-state index contributed by atoms with van der Waals surface area (Å²) in [5, 5.41) is 4.72. The van der Waals surface area contributed by atoms with Gasteiger partial charge in [-0.05, 0) is 54.1 Å². The Morgan fingerprint density at radius 2 is 1.75 bits per heavy atom. The fourth-order valence-electron chi connectivity index (χ4n) is 2.31. The number of nitrogens with one attached hydrogen (secondary N) is 1. The van der Waals surface area contributed by atoms with Gasteiger partial charge >= 0.3 is 0 Å². The number of para-hydroxylation sites is 1. The lowest BCUT2D eigenvalue weighted by molar-refractivity contribution is -0.120. The van der Waals surface area contributed by atoms with E-state index in [9.17, 15) is 4.79 Å². The van der Waals surface area contributed by atoms with Gasteiger partial charge in [0.05, 0.1) is 6.21 Å². The second-order valence-electron chi connectivity index (χ2n) is 5.83. The summed E-state index contributed by atoms with van der Waals surface area (Å²) in [6, 6.07) is 24.6. The molecule has 4 nitrogen and oxygen atoms in total. The minimum Gasteiger partial charge on any atom is -0.457 e. The third-order valence-corrected chi connectivity index (χ3v) is 4.92. The molecule has 28 heavy (non-hydrogen) atoms. The van der Waals surface area contributed by atoms with Gasteiger partial charge in [-0.15, -0.1) is 11.8 Å². The van der Waals surface area contributed by atoms with Gasteiger partial charge in [-0.1, -0.05) is 41.9 Å². The van der Waals surface area contributed by atoms with Crippen LogP contribution in [-0.2, 0) is 4.79 Å². The van der Waals surface area contributed by atoms with Gasteiger partial charge in [-0.3, -0.25) is 4.79 Å². The van der Waals surface area contributed by atoms with Crippen LogP contribution in [0.2, 0.25) is 5.02 Å². The summed E-state index contributed by atoms with van der Waals surface area (Å²) in [6.45, 7) is 0. The van der Waals surface area contributed by atoms with Crippen LogP contribution >= 0.6 is 23.4 Å². The highest BCUT2D eigenvalue weighted by molar-refractivity contribution is 7.99. The SMILES string of the molecule is O=C(CCSc1ccc(Cl)cc1)N/N=C\c1cccc(Oc2ccccc2)c1. The van der Waals surface area contributed by atoms with Gasteiger partial charge in [0.25, 0.3) is 0 Å².